The van der Waals surface area contributed by atoms with Crippen LogP contribution in [0.3, 0.4) is 0 Å². The van der Waals surface area contributed by atoms with Gasteiger partial charge in [-0.2, -0.15) is 0 Å². The number of ether oxygens (including phenoxy) is 3. The van der Waals surface area contributed by atoms with Gasteiger partial charge < -0.3 is 14.2 Å². The minimum absolute atomic E-state index is 0.0156. The predicted octanol–water partition coefficient (Wildman–Crippen LogP) is 4.37. The number of carbonyl (C=O) groups excluding carboxylic acids is 1. The lowest BCUT2D eigenvalue weighted by Crippen LogP contribution is -2.20. The fourth-order valence-electron chi connectivity index (χ4n) is 3.06. The highest BCUT2D eigenvalue weighted by molar-refractivity contribution is 6.14. The zero-order valence-electron chi connectivity index (χ0n) is 15.0. The van der Waals surface area contributed by atoms with Crippen molar-refractivity contribution in [3.05, 3.63) is 58.2 Å². The fraction of sp³-hybridized carbons (Fsp3) is 0.286. The predicted molar refractivity (Wildman–Crippen MR) is 97.9 cm³/mol. The van der Waals surface area contributed by atoms with Gasteiger partial charge in [-0.1, -0.05) is 12.1 Å². The van der Waals surface area contributed by atoms with E-state index in [1.165, 1.54) is 0 Å². The molecule has 0 amide bonds. The zero-order valence-corrected chi connectivity index (χ0v) is 15.0. The van der Waals surface area contributed by atoms with E-state index in [1.807, 2.05) is 57.2 Å². The lowest BCUT2D eigenvalue weighted by molar-refractivity contribution is 0.100. The third-order valence-corrected chi connectivity index (χ3v) is 4.16. The first-order valence-corrected chi connectivity index (χ1v) is 8.33. The summed E-state index contributed by atoms with van der Waals surface area (Å²) in [6, 6.07) is 9.53. The highest BCUT2D eigenvalue weighted by Crippen LogP contribution is 2.33. The second-order valence-electron chi connectivity index (χ2n) is 6.09. The van der Waals surface area contributed by atoms with Gasteiger partial charge in [0, 0.05) is 5.57 Å². The molecule has 0 N–H and O–H groups in total. The standard InChI is InChI=1S/C21H22O4/c1-5-24-19-11-15(6-7-18(19)23-4)10-16-12-25-21-14(3)8-13(2)9-17(21)20(16)22/h6-11H,5,12H2,1-4H3. The van der Waals surface area contributed by atoms with Gasteiger partial charge in [-0.05, 0) is 61.7 Å². The number of Topliss-reactive ketones (excluding diaryl/α,β-unsaturated/α-hetero) is 1. The summed E-state index contributed by atoms with van der Waals surface area (Å²) in [5.41, 5.74) is 4.19. The number of benzene rings is 2. The van der Waals surface area contributed by atoms with Crippen molar-refractivity contribution in [2.45, 2.75) is 20.8 Å². The smallest absolute Gasteiger partial charge is 0.196 e. The average Bonchev–Trinajstić information content (AvgIpc) is 2.58. The molecule has 0 spiro atoms. The summed E-state index contributed by atoms with van der Waals surface area (Å²) in [6.45, 7) is 6.68. The molecule has 4 heteroatoms. The second-order valence-corrected chi connectivity index (χ2v) is 6.09. The van der Waals surface area contributed by atoms with Crippen molar-refractivity contribution in [2.75, 3.05) is 20.3 Å². The minimum atomic E-state index is 0.0156. The molecule has 0 bridgehead atoms. The maximum Gasteiger partial charge on any atom is 0.196 e. The van der Waals surface area contributed by atoms with Gasteiger partial charge in [-0.15, -0.1) is 0 Å². The third kappa shape index (κ3) is 3.38. The quantitative estimate of drug-likeness (QED) is 0.777. The van der Waals surface area contributed by atoms with Crippen molar-refractivity contribution in [3.8, 4) is 17.2 Å². The van der Waals surface area contributed by atoms with Crippen LogP contribution >= 0.6 is 0 Å². The number of hydrogen-bond donors (Lipinski definition) is 0. The van der Waals surface area contributed by atoms with Gasteiger partial charge >= 0.3 is 0 Å². The Kier molecular flexibility index (Phi) is 4.79. The van der Waals surface area contributed by atoms with Crippen LogP contribution in [0.15, 0.2) is 35.9 Å². The minimum Gasteiger partial charge on any atom is -0.493 e. The van der Waals surface area contributed by atoms with Crippen molar-refractivity contribution in [1.82, 2.24) is 0 Å². The Balaban J connectivity index is 1.97. The molecule has 25 heavy (non-hydrogen) atoms. The number of hydrogen-bond acceptors (Lipinski definition) is 4. The van der Waals surface area contributed by atoms with Crippen LogP contribution in [-0.2, 0) is 0 Å². The molecular weight excluding hydrogens is 316 g/mol. The number of carbonyl (C=O) groups is 1. The van der Waals surface area contributed by atoms with Gasteiger partial charge in [0.2, 0.25) is 0 Å². The lowest BCUT2D eigenvalue weighted by atomic mass is 9.95. The van der Waals surface area contributed by atoms with Crippen molar-refractivity contribution in [1.29, 1.82) is 0 Å². The largest absolute Gasteiger partial charge is 0.493 e. The van der Waals surface area contributed by atoms with E-state index < -0.39 is 0 Å². The summed E-state index contributed by atoms with van der Waals surface area (Å²) >= 11 is 0. The molecular formula is C21H22O4. The van der Waals surface area contributed by atoms with Gasteiger partial charge in [0.25, 0.3) is 0 Å². The second kappa shape index (κ2) is 7.01. The summed E-state index contributed by atoms with van der Waals surface area (Å²) in [6.07, 6.45) is 1.85. The van der Waals surface area contributed by atoms with Crippen LogP contribution in [-0.4, -0.2) is 26.1 Å². The van der Waals surface area contributed by atoms with E-state index in [9.17, 15) is 4.79 Å². The first-order chi connectivity index (χ1) is 12.0. The molecule has 0 saturated carbocycles. The molecule has 4 nitrogen and oxygen atoms in total. The summed E-state index contributed by atoms with van der Waals surface area (Å²) in [5.74, 6) is 2.04. The monoisotopic (exact) mass is 338 g/mol. The van der Waals surface area contributed by atoms with E-state index in [4.69, 9.17) is 14.2 Å². The van der Waals surface area contributed by atoms with Crippen LogP contribution in [0.5, 0.6) is 17.2 Å². The van der Waals surface area contributed by atoms with Crippen LogP contribution in [0.1, 0.15) is 34.0 Å². The molecule has 0 aliphatic carbocycles. The van der Waals surface area contributed by atoms with Gasteiger partial charge in [-0.25, -0.2) is 0 Å². The molecule has 0 aromatic heterocycles. The fourth-order valence-corrected chi connectivity index (χ4v) is 3.06. The summed E-state index contributed by atoms with van der Waals surface area (Å²) in [7, 11) is 1.61. The van der Waals surface area contributed by atoms with Gasteiger partial charge in [0.1, 0.15) is 12.4 Å². The van der Waals surface area contributed by atoms with Crippen LogP contribution in [0.2, 0.25) is 0 Å². The Labute approximate surface area is 148 Å². The SMILES string of the molecule is CCOc1cc(C=C2COc3c(C)cc(C)cc3C2=O)ccc1OC. The van der Waals surface area contributed by atoms with Crippen molar-refractivity contribution in [2.24, 2.45) is 0 Å². The summed E-state index contributed by atoms with van der Waals surface area (Å²) in [5, 5.41) is 0. The highest BCUT2D eigenvalue weighted by Gasteiger charge is 2.25. The number of fused-ring (bicyclic) bond motifs is 1. The van der Waals surface area contributed by atoms with Crippen molar-refractivity contribution in [3.63, 3.8) is 0 Å². The maximum absolute atomic E-state index is 12.9. The maximum atomic E-state index is 12.9. The van der Waals surface area contributed by atoms with Crippen LogP contribution in [0, 0.1) is 13.8 Å². The Hall–Kier alpha value is -2.75. The number of aryl methyl sites for hydroxylation is 2. The number of ketones is 1. The molecule has 2 aromatic rings. The lowest BCUT2D eigenvalue weighted by Gasteiger charge is -2.21. The highest BCUT2D eigenvalue weighted by atomic mass is 16.5. The van der Waals surface area contributed by atoms with Crippen LogP contribution < -0.4 is 14.2 Å². The van der Waals surface area contributed by atoms with E-state index in [-0.39, 0.29) is 12.4 Å². The Morgan fingerprint density at radius 2 is 1.96 bits per heavy atom. The van der Waals surface area contributed by atoms with Crippen molar-refractivity contribution >= 4 is 11.9 Å². The zero-order chi connectivity index (χ0) is 18.0. The summed E-state index contributed by atoms with van der Waals surface area (Å²) in [4.78, 5) is 12.9. The van der Waals surface area contributed by atoms with Crippen LogP contribution in [0.25, 0.3) is 6.08 Å². The number of methoxy groups -OCH3 is 1. The molecule has 0 radical (unpaired) electrons. The van der Waals surface area contributed by atoms with E-state index in [0.717, 1.165) is 16.7 Å². The topological polar surface area (TPSA) is 44.8 Å². The van der Waals surface area contributed by atoms with Crippen LogP contribution in [0.4, 0.5) is 0 Å². The molecule has 1 aliphatic heterocycles. The van der Waals surface area contributed by atoms with E-state index in [1.54, 1.807) is 7.11 Å². The molecule has 3 rings (SSSR count). The first-order valence-electron chi connectivity index (χ1n) is 8.33. The molecule has 130 valence electrons. The van der Waals surface area contributed by atoms with Gasteiger partial charge in [0.05, 0.1) is 19.3 Å². The summed E-state index contributed by atoms with van der Waals surface area (Å²) < 4.78 is 16.7. The van der Waals surface area contributed by atoms with E-state index >= 15 is 0 Å². The number of rotatable bonds is 4. The van der Waals surface area contributed by atoms with Gasteiger partial charge in [0.15, 0.2) is 17.3 Å². The average molecular weight is 338 g/mol. The molecule has 1 aliphatic rings. The molecule has 2 aromatic carbocycles. The molecule has 0 fully saturated rings. The Morgan fingerprint density at radius 3 is 2.68 bits per heavy atom. The van der Waals surface area contributed by atoms with Gasteiger partial charge in [-0.3, -0.25) is 4.79 Å². The Morgan fingerprint density at radius 1 is 1.16 bits per heavy atom. The Bertz CT molecular complexity index is 849. The van der Waals surface area contributed by atoms with Crippen molar-refractivity contribution < 1.29 is 19.0 Å². The molecule has 0 saturated heterocycles. The van der Waals surface area contributed by atoms with E-state index in [0.29, 0.717) is 35.0 Å². The molecule has 0 atom stereocenters. The molecule has 1 heterocycles. The first kappa shape index (κ1) is 17.1. The normalized spacial score (nSPS) is 14.9. The third-order valence-electron chi connectivity index (χ3n) is 4.16. The van der Waals surface area contributed by atoms with E-state index in [2.05, 4.69) is 0 Å². The molecule has 0 unspecified atom stereocenters.